The molecule has 1 aliphatic heterocycles. The third kappa shape index (κ3) is 6.67. The zero-order chi connectivity index (χ0) is 29.8. The number of nitrogens with zero attached hydrogens (tertiary/aromatic N) is 2. The number of carbonyl (C=O) groups is 5. The number of amides is 3. The van der Waals surface area contributed by atoms with Crippen LogP contribution >= 0.6 is 0 Å². The molecule has 4 rings (SSSR count). The number of aryl methyl sites for hydroxylation is 1. The molecule has 0 aliphatic carbocycles. The minimum atomic E-state index is -5.08. The summed E-state index contributed by atoms with van der Waals surface area (Å²) in [7, 11) is 0. The van der Waals surface area contributed by atoms with Crippen molar-refractivity contribution < 1.29 is 47.4 Å². The number of hydrogen-bond acceptors (Lipinski definition) is 7. The summed E-state index contributed by atoms with van der Waals surface area (Å²) in [6, 6.07) is 10.1. The van der Waals surface area contributed by atoms with Gasteiger partial charge in [-0.25, -0.2) is 14.6 Å². The average molecular weight is 562 g/mol. The maximum Gasteiger partial charge on any atom is 0.490 e. The molecule has 2 heterocycles. The lowest BCUT2D eigenvalue weighted by molar-refractivity contribution is -0.192. The number of imide groups is 1. The Morgan fingerprint density at radius 1 is 1.07 bits per heavy atom. The highest BCUT2D eigenvalue weighted by atomic mass is 19.4. The van der Waals surface area contributed by atoms with Gasteiger partial charge in [-0.3, -0.25) is 29.1 Å². The van der Waals surface area contributed by atoms with Crippen molar-refractivity contribution in [3.8, 4) is 0 Å². The van der Waals surface area contributed by atoms with Crippen molar-refractivity contribution in [3.63, 3.8) is 0 Å². The maximum absolute atomic E-state index is 13.2. The molecular formula is C25H21F3N4O8. The summed E-state index contributed by atoms with van der Waals surface area (Å²) in [5.41, 5.74) is 0.474. The number of hydrogen-bond donors (Lipinski definition) is 4. The summed E-state index contributed by atoms with van der Waals surface area (Å²) < 4.78 is 33.0. The van der Waals surface area contributed by atoms with Gasteiger partial charge in [0, 0.05) is 6.42 Å². The molecule has 0 spiro atoms. The number of aromatic nitrogens is 2. The molecule has 1 fully saturated rings. The Kier molecular flexibility index (Phi) is 8.66. The maximum atomic E-state index is 13.2. The molecule has 4 N–H and O–H groups in total. The predicted octanol–water partition coefficient (Wildman–Crippen LogP) is 2.20. The van der Waals surface area contributed by atoms with Gasteiger partial charge in [-0.2, -0.15) is 13.2 Å². The molecule has 40 heavy (non-hydrogen) atoms. The Labute approximate surface area is 222 Å². The number of alkyl halides is 3. The molecule has 1 unspecified atom stereocenters. The van der Waals surface area contributed by atoms with Gasteiger partial charge in [0.15, 0.2) is 0 Å². The van der Waals surface area contributed by atoms with E-state index in [1.807, 2.05) is 0 Å². The number of para-hydroxylation sites is 1. The van der Waals surface area contributed by atoms with E-state index >= 15 is 0 Å². The highest BCUT2D eigenvalue weighted by Gasteiger charge is 2.38. The lowest BCUT2D eigenvalue weighted by atomic mass is 10.0. The average Bonchev–Trinajstić information content (AvgIpc) is 2.86. The number of piperidine rings is 1. The van der Waals surface area contributed by atoms with Crippen molar-refractivity contribution in [2.75, 3.05) is 5.32 Å². The van der Waals surface area contributed by atoms with Crippen molar-refractivity contribution in [3.05, 3.63) is 69.8 Å². The van der Waals surface area contributed by atoms with Crippen LogP contribution in [0.1, 0.15) is 40.6 Å². The van der Waals surface area contributed by atoms with Crippen LogP contribution in [0.15, 0.2) is 47.3 Å². The number of carboxylic acid groups (broad SMARTS) is 2. The molecule has 3 aromatic rings. The first-order valence-corrected chi connectivity index (χ1v) is 11.5. The van der Waals surface area contributed by atoms with Gasteiger partial charge in [0.05, 0.1) is 23.1 Å². The summed E-state index contributed by atoms with van der Waals surface area (Å²) in [4.78, 5) is 74.4. The van der Waals surface area contributed by atoms with Gasteiger partial charge in [0.2, 0.25) is 17.7 Å². The van der Waals surface area contributed by atoms with Crippen molar-refractivity contribution >= 4 is 46.3 Å². The number of rotatable bonds is 5. The van der Waals surface area contributed by atoms with Crippen LogP contribution in [0.2, 0.25) is 0 Å². The second-order valence-electron chi connectivity index (χ2n) is 8.49. The first-order valence-electron chi connectivity index (χ1n) is 11.5. The van der Waals surface area contributed by atoms with Gasteiger partial charge in [-0.1, -0.05) is 24.3 Å². The Morgan fingerprint density at radius 3 is 2.33 bits per heavy atom. The summed E-state index contributed by atoms with van der Waals surface area (Å²) in [6.07, 6.45) is -4.95. The number of anilines is 1. The Bertz CT molecular complexity index is 1580. The molecule has 12 nitrogen and oxygen atoms in total. The number of carboxylic acids is 2. The fourth-order valence-corrected chi connectivity index (χ4v) is 3.98. The van der Waals surface area contributed by atoms with E-state index in [0.29, 0.717) is 11.3 Å². The van der Waals surface area contributed by atoms with Gasteiger partial charge >= 0.3 is 18.1 Å². The summed E-state index contributed by atoms with van der Waals surface area (Å²) in [5.74, 6) is -5.03. The third-order valence-electron chi connectivity index (χ3n) is 5.74. The van der Waals surface area contributed by atoms with Gasteiger partial charge in [-0.05, 0) is 37.1 Å². The predicted molar refractivity (Wildman–Crippen MR) is 132 cm³/mol. The molecular weight excluding hydrogens is 541 g/mol. The van der Waals surface area contributed by atoms with E-state index < -0.39 is 41.5 Å². The lowest BCUT2D eigenvalue weighted by Crippen LogP contribution is -2.45. The van der Waals surface area contributed by atoms with Crippen LogP contribution in [0, 0.1) is 6.92 Å². The first-order chi connectivity index (χ1) is 18.7. The largest absolute Gasteiger partial charge is 0.490 e. The van der Waals surface area contributed by atoms with Crippen molar-refractivity contribution in [1.29, 1.82) is 0 Å². The van der Waals surface area contributed by atoms with Gasteiger partial charge in [0.25, 0.3) is 5.56 Å². The van der Waals surface area contributed by atoms with Crippen LogP contribution in [0.3, 0.4) is 0 Å². The second-order valence-corrected chi connectivity index (χ2v) is 8.49. The number of halogens is 3. The van der Waals surface area contributed by atoms with Crippen molar-refractivity contribution in [2.24, 2.45) is 0 Å². The standard InChI is InChI=1S/C23H20N4O6.C2HF3O2/c1-12-24-20-15(22(31)27(12)17-9-10-18(28)26-21(17)30)7-4-8-16(20)25-19(29)11-13-5-2-3-6-14(13)23(32)33;3-2(4,5)1(6)7/h2-8,17H,9-11H2,1H3,(H,25,29)(H,32,33)(H,26,28,30);(H,6,7). The number of benzene rings is 2. The number of fused-ring (bicyclic) bond motifs is 1. The fourth-order valence-electron chi connectivity index (χ4n) is 3.98. The molecule has 0 bridgehead atoms. The molecule has 1 saturated heterocycles. The summed E-state index contributed by atoms with van der Waals surface area (Å²) >= 11 is 0. The molecule has 15 heteroatoms. The number of aromatic carboxylic acids is 1. The van der Waals surface area contributed by atoms with E-state index in [1.165, 1.54) is 10.6 Å². The molecule has 2 aromatic carbocycles. The number of nitrogens with one attached hydrogen (secondary N) is 2. The third-order valence-corrected chi connectivity index (χ3v) is 5.74. The lowest BCUT2D eigenvalue weighted by Gasteiger charge is -2.24. The van der Waals surface area contributed by atoms with Crippen LogP contribution in [-0.4, -0.2) is 55.6 Å². The monoisotopic (exact) mass is 562 g/mol. The van der Waals surface area contributed by atoms with E-state index in [-0.39, 0.29) is 47.5 Å². The molecule has 210 valence electrons. The molecule has 0 radical (unpaired) electrons. The first kappa shape index (κ1) is 29.5. The van der Waals surface area contributed by atoms with Gasteiger partial charge < -0.3 is 15.5 Å². The SMILES string of the molecule is Cc1nc2c(NC(=O)Cc3ccccc3C(=O)O)cccc2c(=O)n1C1CCC(=O)NC1=O.O=C(O)C(F)(F)F. The smallest absolute Gasteiger partial charge is 0.478 e. The van der Waals surface area contributed by atoms with Crippen molar-refractivity contribution in [1.82, 2.24) is 14.9 Å². The highest BCUT2D eigenvalue weighted by molar-refractivity contribution is 6.02. The second kappa shape index (κ2) is 11.8. The highest BCUT2D eigenvalue weighted by Crippen LogP contribution is 2.24. The molecule has 0 saturated carbocycles. The van der Waals surface area contributed by atoms with Crippen LogP contribution in [0.25, 0.3) is 10.9 Å². The van der Waals surface area contributed by atoms with Crippen LogP contribution < -0.4 is 16.2 Å². The Hall–Kier alpha value is -5.08. The van der Waals surface area contributed by atoms with Crippen LogP contribution in [0.5, 0.6) is 0 Å². The Balaban J connectivity index is 0.000000559. The Morgan fingerprint density at radius 2 is 1.73 bits per heavy atom. The molecule has 1 aliphatic rings. The zero-order valence-electron chi connectivity index (χ0n) is 20.6. The van der Waals surface area contributed by atoms with Gasteiger partial charge in [0.1, 0.15) is 17.4 Å². The summed E-state index contributed by atoms with van der Waals surface area (Å²) in [5, 5.41) is 21.6. The number of carbonyl (C=O) groups excluding carboxylic acids is 3. The van der Waals surface area contributed by atoms with Gasteiger partial charge in [-0.15, -0.1) is 0 Å². The number of aliphatic carboxylic acids is 1. The van der Waals surface area contributed by atoms with Crippen LogP contribution in [0.4, 0.5) is 18.9 Å². The fraction of sp³-hybridized carbons (Fsp3) is 0.240. The molecule has 1 atom stereocenters. The topological polar surface area (TPSA) is 185 Å². The quantitative estimate of drug-likeness (QED) is 0.338. The normalized spacial score (nSPS) is 15.1. The zero-order valence-corrected chi connectivity index (χ0v) is 20.6. The van der Waals surface area contributed by atoms with E-state index in [0.717, 1.165) is 0 Å². The van der Waals surface area contributed by atoms with E-state index in [4.69, 9.17) is 9.90 Å². The minimum Gasteiger partial charge on any atom is -0.478 e. The molecule has 3 amide bonds. The van der Waals surface area contributed by atoms with Crippen molar-refractivity contribution in [2.45, 2.75) is 38.4 Å². The van der Waals surface area contributed by atoms with E-state index in [2.05, 4.69) is 15.6 Å². The summed E-state index contributed by atoms with van der Waals surface area (Å²) in [6.45, 7) is 1.58. The molecule has 1 aromatic heterocycles. The minimum absolute atomic E-state index is 0.0339. The van der Waals surface area contributed by atoms with E-state index in [9.17, 15) is 42.3 Å². The van der Waals surface area contributed by atoms with Crippen LogP contribution in [-0.2, 0) is 25.6 Å². The van der Waals surface area contributed by atoms with E-state index in [1.54, 1.807) is 43.3 Å².